The Kier molecular flexibility index (Phi) is 4.21. The van der Waals surface area contributed by atoms with Gasteiger partial charge in [-0.25, -0.2) is 9.78 Å². The third-order valence-corrected chi connectivity index (χ3v) is 4.52. The van der Waals surface area contributed by atoms with Crippen LogP contribution in [0.4, 0.5) is 0 Å². The number of ether oxygens (including phenoxy) is 1. The second-order valence-electron chi connectivity index (χ2n) is 5.25. The third-order valence-electron chi connectivity index (χ3n) is 3.51. The van der Waals surface area contributed by atoms with Gasteiger partial charge in [0.25, 0.3) is 0 Å². The number of esters is 1. The van der Waals surface area contributed by atoms with Crippen LogP contribution in [0.25, 0.3) is 10.2 Å². The number of ketones is 1. The average Bonchev–Trinajstić information content (AvgIpc) is 2.95. The highest BCUT2D eigenvalue weighted by atomic mass is 32.1. The molecule has 0 aliphatic heterocycles. The van der Waals surface area contributed by atoms with E-state index in [1.54, 1.807) is 24.3 Å². The van der Waals surface area contributed by atoms with Gasteiger partial charge in [0.1, 0.15) is 5.01 Å². The van der Waals surface area contributed by atoms with Crippen molar-refractivity contribution in [3.05, 3.63) is 64.2 Å². The van der Waals surface area contributed by atoms with Gasteiger partial charge in [0, 0.05) is 5.56 Å². The molecule has 0 saturated heterocycles. The summed E-state index contributed by atoms with van der Waals surface area (Å²) < 4.78 is 5.76. The Morgan fingerprint density at radius 3 is 2.70 bits per heavy atom. The lowest BCUT2D eigenvalue weighted by Crippen LogP contribution is -2.06. The minimum atomic E-state index is -0.449. The molecule has 23 heavy (non-hydrogen) atoms. The summed E-state index contributed by atoms with van der Waals surface area (Å²) in [4.78, 5) is 28.5. The van der Waals surface area contributed by atoms with E-state index in [4.69, 9.17) is 0 Å². The zero-order valence-corrected chi connectivity index (χ0v) is 13.6. The molecule has 116 valence electrons. The fourth-order valence-electron chi connectivity index (χ4n) is 2.33. The van der Waals surface area contributed by atoms with E-state index < -0.39 is 5.97 Å². The number of benzene rings is 2. The summed E-state index contributed by atoms with van der Waals surface area (Å²) in [6, 6.07) is 12.6. The van der Waals surface area contributed by atoms with Crippen molar-refractivity contribution in [3.8, 4) is 0 Å². The van der Waals surface area contributed by atoms with Gasteiger partial charge < -0.3 is 4.74 Å². The van der Waals surface area contributed by atoms with Gasteiger partial charge in [-0.05, 0) is 36.8 Å². The van der Waals surface area contributed by atoms with Crippen molar-refractivity contribution in [2.24, 2.45) is 0 Å². The predicted octanol–water partition coefficient (Wildman–Crippen LogP) is 3.82. The maximum absolute atomic E-state index is 12.4. The van der Waals surface area contributed by atoms with Crippen LogP contribution in [0, 0.1) is 6.92 Å². The van der Waals surface area contributed by atoms with E-state index >= 15 is 0 Å². The maximum atomic E-state index is 12.4. The van der Waals surface area contributed by atoms with Crippen LogP contribution in [0.1, 0.15) is 31.3 Å². The van der Waals surface area contributed by atoms with Crippen molar-refractivity contribution in [1.82, 2.24) is 4.98 Å². The highest BCUT2D eigenvalue weighted by Gasteiger charge is 2.13. The number of thiazole rings is 1. The summed E-state index contributed by atoms with van der Waals surface area (Å²) in [6.07, 6.45) is 0.225. The van der Waals surface area contributed by atoms with Gasteiger partial charge in [0.2, 0.25) is 0 Å². The van der Waals surface area contributed by atoms with Crippen LogP contribution >= 0.6 is 11.3 Å². The highest BCUT2D eigenvalue weighted by Crippen LogP contribution is 2.24. The number of carbonyl (C=O) groups is 2. The standard InChI is InChI=1S/C18H15NO3S/c1-11-6-7-14-16(8-11)23-17(19-14)10-15(20)12-4-3-5-13(9-12)18(21)22-2/h3-9H,10H2,1-2H3. The highest BCUT2D eigenvalue weighted by molar-refractivity contribution is 7.18. The van der Waals surface area contributed by atoms with E-state index in [0.717, 1.165) is 15.2 Å². The first-order valence-corrected chi connectivity index (χ1v) is 7.96. The van der Waals surface area contributed by atoms with Gasteiger partial charge in [-0.3, -0.25) is 4.79 Å². The molecule has 0 radical (unpaired) electrons. The Bertz CT molecular complexity index is 898. The van der Waals surface area contributed by atoms with Crippen molar-refractivity contribution in [1.29, 1.82) is 0 Å². The first kappa shape index (κ1) is 15.4. The lowest BCUT2D eigenvalue weighted by molar-refractivity contribution is 0.0600. The van der Waals surface area contributed by atoms with Crippen molar-refractivity contribution in [2.75, 3.05) is 7.11 Å². The summed E-state index contributed by atoms with van der Waals surface area (Å²) in [5.74, 6) is -0.512. The molecule has 0 bridgehead atoms. The Morgan fingerprint density at radius 2 is 1.91 bits per heavy atom. The molecule has 0 amide bonds. The second-order valence-corrected chi connectivity index (χ2v) is 6.37. The molecule has 0 aliphatic rings. The normalized spacial score (nSPS) is 10.7. The van der Waals surface area contributed by atoms with Crippen LogP contribution in [0.3, 0.4) is 0 Å². The number of aromatic nitrogens is 1. The lowest BCUT2D eigenvalue weighted by Gasteiger charge is -2.02. The van der Waals surface area contributed by atoms with Crippen LogP contribution in [0.15, 0.2) is 42.5 Å². The second kappa shape index (κ2) is 6.30. The van der Waals surface area contributed by atoms with Gasteiger partial charge in [0.15, 0.2) is 5.78 Å². The van der Waals surface area contributed by atoms with Crippen molar-refractivity contribution in [2.45, 2.75) is 13.3 Å². The molecule has 1 heterocycles. The van der Waals surface area contributed by atoms with Crippen LogP contribution in [0.5, 0.6) is 0 Å². The lowest BCUT2D eigenvalue weighted by atomic mass is 10.1. The van der Waals surface area contributed by atoms with Gasteiger partial charge in [-0.15, -0.1) is 11.3 Å². The molecule has 0 fully saturated rings. The first-order valence-electron chi connectivity index (χ1n) is 7.14. The summed E-state index contributed by atoms with van der Waals surface area (Å²) in [6.45, 7) is 2.03. The number of hydrogen-bond acceptors (Lipinski definition) is 5. The Balaban J connectivity index is 1.84. The molecule has 5 heteroatoms. The van der Waals surface area contributed by atoms with Gasteiger partial charge in [-0.2, -0.15) is 0 Å². The third kappa shape index (κ3) is 3.29. The molecule has 3 rings (SSSR count). The molecule has 0 unspecified atom stereocenters. The number of hydrogen-bond donors (Lipinski definition) is 0. The Morgan fingerprint density at radius 1 is 1.13 bits per heavy atom. The van der Waals surface area contributed by atoms with E-state index in [1.165, 1.54) is 24.0 Å². The Labute approximate surface area is 137 Å². The van der Waals surface area contributed by atoms with E-state index in [1.807, 2.05) is 19.1 Å². The molecule has 0 N–H and O–H groups in total. The summed E-state index contributed by atoms with van der Waals surface area (Å²) >= 11 is 1.53. The largest absolute Gasteiger partial charge is 0.465 e. The van der Waals surface area contributed by atoms with E-state index in [2.05, 4.69) is 15.8 Å². The fourth-order valence-corrected chi connectivity index (χ4v) is 3.40. The number of fused-ring (bicyclic) bond motifs is 1. The van der Waals surface area contributed by atoms with Crippen molar-refractivity contribution < 1.29 is 14.3 Å². The molecule has 0 aliphatic carbocycles. The number of aryl methyl sites for hydroxylation is 1. The summed E-state index contributed by atoms with van der Waals surface area (Å²) in [5.41, 5.74) is 2.94. The number of nitrogens with zero attached hydrogens (tertiary/aromatic N) is 1. The molecule has 0 atom stereocenters. The topological polar surface area (TPSA) is 56.3 Å². The fraction of sp³-hybridized carbons (Fsp3) is 0.167. The van der Waals surface area contributed by atoms with Crippen LogP contribution in [-0.4, -0.2) is 23.8 Å². The van der Waals surface area contributed by atoms with Crippen molar-refractivity contribution in [3.63, 3.8) is 0 Å². The maximum Gasteiger partial charge on any atom is 0.337 e. The molecule has 4 nitrogen and oxygen atoms in total. The molecular weight excluding hydrogens is 310 g/mol. The van der Waals surface area contributed by atoms with Crippen LogP contribution in [0.2, 0.25) is 0 Å². The molecule has 2 aromatic carbocycles. The zero-order chi connectivity index (χ0) is 16.4. The van der Waals surface area contributed by atoms with Crippen LogP contribution in [-0.2, 0) is 11.2 Å². The van der Waals surface area contributed by atoms with Gasteiger partial charge in [0.05, 0.1) is 29.3 Å². The summed E-state index contributed by atoms with van der Waals surface area (Å²) in [5, 5.41) is 0.777. The number of carbonyl (C=O) groups excluding carboxylic acids is 2. The SMILES string of the molecule is COC(=O)c1cccc(C(=O)Cc2nc3ccc(C)cc3s2)c1. The van der Waals surface area contributed by atoms with E-state index in [9.17, 15) is 9.59 Å². The zero-order valence-electron chi connectivity index (χ0n) is 12.8. The number of rotatable bonds is 4. The van der Waals surface area contributed by atoms with Crippen LogP contribution < -0.4 is 0 Å². The van der Waals surface area contributed by atoms with E-state index in [-0.39, 0.29) is 12.2 Å². The van der Waals surface area contributed by atoms with Crippen molar-refractivity contribution >= 4 is 33.3 Å². The predicted molar refractivity (Wildman–Crippen MR) is 90.2 cm³/mol. The first-order chi connectivity index (χ1) is 11.1. The molecule has 1 aromatic heterocycles. The monoisotopic (exact) mass is 325 g/mol. The number of methoxy groups -OCH3 is 1. The molecule has 0 spiro atoms. The molecular formula is C18H15NO3S. The van der Waals surface area contributed by atoms with Gasteiger partial charge in [-0.1, -0.05) is 18.2 Å². The molecule has 3 aromatic rings. The Hall–Kier alpha value is -2.53. The number of Topliss-reactive ketones (excluding diaryl/α,β-unsaturated/α-hetero) is 1. The molecule has 0 saturated carbocycles. The average molecular weight is 325 g/mol. The quantitative estimate of drug-likeness (QED) is 0.540. The smallest absolute Gasteiger partial charge is 0.337 e. The minimum absolute atomic E-state index is 0.0634. The minimum Gasteiger partial charge on any atom is -0.465 e. The van der Waals surface area contributed by atoms with Gasteiger partial charge >= 0.3 is 5.97 Å². The summed E-state index contributed by atoms with van der Waals surface area (Å²) in [7, 11) is 1.32. The van der Waals surface area contributed by atoms with E-state index in [0.29, 0.717) is 11.1 Å².